The summed E-state index contributed by atoms with van der Waals surface area (Å²) in [5, 5.41) is 11.6. The molecule has 9 heteroatoms. The molecule has 1 amide bonds. The number of hydrogen-bond donors (Lipinski definition) is 1. The first-order valence-electron chi connectivity index (χ1n) is 9.83. The van der Waals surface area contributed by atoms with Gasteiger partial charge < -0.3 is 14.6 Å². The monoisotopic (exact) mass is 454 g/mol. The smallest absolute Gasteiger partial charge is 0.279 e. The molecule has 0 saturated heterocycles. The van der Waals surface area contributed by atoms with Crippen LogP contribution in [0, 0.1) is 19.7 Å². The average molecular weight is 455 g/mol. The van der Waals surface area contributed by atoms with Crippen LogP contribution in [0.15, 0.2) is 59.1 Å². The van der Waals surface area contributed by atoms with Crippen LogP contribution in [0.5, 0.6) is 5.75 Å². The molecule has 0 aliphatic carbocycles. The first-order valence-corrected chi connectivity index (χ1v) is 10.2. The standard InChI is InChI=1S/C23H20ClFN4O3/c1-14-11-21(27-29(14)12-16-5-3-4-6-20(16)25)26-23(30)22-19(15(2)32-28-22)13-31-18-9-7-17(24)8-10-18/h3-11H,12-13H2,1-2H3,(H,26,27,30). The molecule has 164 valence electrons. The lowest BCUT2D eigenvalue weighted by atomic mass is 10.2. The third kappa shape index (κ3) is 4.81. The first kappa shape index (κ1) is 21.6. The zero-order chi connectivity index (χ0) is 22.7. The molecule has 4 rings (SSSR count). The van der Waals surface area contributed by atoms with Crippen molar-refractivity contribution in [3.05, 3.63) is 93.7 Å². The molecule has 4 aromatic rings. The van der Waals surface area contributed by atoms with Gasteiger partial charge in [-0.15, -0.1) is 0 Å². The zero-order valence-electron chi connectivity index (χ0n) is 17.4. The highest BCUT2D eigenvalue weighted by atomic mass is 35.5. The van der Waals surface area contributed by atoms with Crippen LogP contribution in [-0.2, 0) is 13.2 Å². The Morgan fingerprint density at radius 1 is 1.19 bits per heavy atom. The highest BCUT2D eigenvalue weighted by Gasteiger charge is 2.21. The van der Waals surface area contributed by atoms with E-state index >= 15 is 0 Å². The van der Waals surface area contributed by atoms with Crippen LogP contribution in [0.4, 0.5) is 10.2 Å². The van der Waals surface area contributed by atoms with Crippen LogP contribution in [0.25, 0.3) is 0 Å². The number of aryl methyl sites for hydroxylation is 2. The molecule has 0 atom stereocenters. The second-order valence-electron chi connectivity index (χ2n) is 7.18. The van der Waals surface area contributed by atoms with Gasteiger partial charge in [0.25, 0.3) is 5.91 Å². The Bertz CT molecular complexity index is 1250. The summed E-state index contributed by atoms with van der Waals surface area (Å²) < 4.78 is 26.5. The molecule has 0 spiro atoms. The Balaban J connectivity index is 1.46. The molecule has 2 heterocycles. The van der Waals surface area contributed by atoms with Gasteiger partial charge in [0.15, 0.2) is 11.5 Å². The predicted molar refractivity (Wildman–Crippen MR) is 117 cm³/mol. The van der Waals surface area contributed by atoms with Crippen molar-refractivity contribution >= 4 is 23.3 Å². The lowest BCUT2D eigenvalue weighted by Crippen LogP contribution is -2.16. The number of amides is 1. The Morgan fingerprint density at radius 2 is 1.94 bits per heavy atom. The third-order valence-electron chi connectivity index (χ3n) is 4.90. The number of carbonyl (C=O) groups excluding carboxylic acids is 1. The number of halogens is 2. The van der Waals surface area contributed by atoms with E-state index in [-0.39, 0.29) is 24.7 Å². The molecular formula is C23H20ClFN4O3. The summed E-state index contributed by atoms with van der Waals surface area (Å²) in [6.45, 7) is 3.88. The van der Waals surface area contributed by atoms with E-state index in [2.05, 4.69) is 15.6 Å². The van der Waals surface area contributed by atoms with Gasteiger partial charge in [0.05, 0.1) is 12.1 Å². The Kier molecular flexibility index (Phi) is 6.23. The average Bonchev–Trinajstić information content (AvgIpc) is 3.31. The van der Waals surface area contributed by atoms with E-state index in [0.717, 1.165) is 5.69 Å². The van der Waals surface area contributed by atoms with E-state index in [1.165, 1.54) is 6.07 Å². The molecule has 32 heavy (non-hydrogen) atoms. The van der Waals surface area contributed by atoms with Crippen LogP contribution in [-0.4, -0.2) is 20.8 Å². The number of carbonyl (C=O) groups is 1. The van der Waals surface area contributed by atoms with Crippen molar-refractivity contribution in [1.29, 1.82) is 0 Å². The van der Waals surface area contributed by atoms with E-state index in [1.807, 2.05) is 6.92 Å². The predicted octanol–water partition coefficient (Wildman–Crippen LogP) is 5.16. The maximum atomic E-state index is 14.0. The van der Waals surface area contributed by atoms with E-state index in [0.29, 0.717) is 33.5 Å². The van der Waals surface area contributed by atoms with E-state index in [4.69, 9.17) is 20.9 Å². The molecule has 1 N–H and O–H groups in total. The topological polar surface area (TPSA) is 82.2 Å². The molecule has 0 saturated carbocycles. The van der Waals surface area contributed by atoms with Crippen molar-refractivity contribution in [3.8, 4) is 5.75 Å². The van der Waals surface area contributed by atoms with Crippen molar-refractivity contribution in [2.24, 2.45) is 0 Å². The molecule has 0 fully saturated rings. The van der Waals surface area contributed by atoms with Crippen molar-refractivity contribution in [2.45, 2.75) is 27.0 Å². The molecule has 0 bridgehead atoms. The van der Waals surface area contributed by atoms with Gasteiger partial charge in [0.2, 0.25) is 0 Å². The normalized spacial score (nSPS) is 10.9. The summed E-state index contributed by atoms with van der Waals surface area (Å²) in [7, 11) is 0. The van der Waals surface area contributed by atoms with Crippen LogP contribution >= 0.6 is 11.6 Å². The fourth-order valence-corrected chi connectivity index (χ4v) is 3.25. The molecule has 0 radical (unpaired) electrons. The fraction of sp³-hybridized carbons (Fsp3) is 0.174. The highest BCUT2D eigenvalue weighted by Crippen LogP contribution is 2.21. The van der Waals surface area contributed by atoms with E-state index in [9.17, 15) is 9.18 Å². The van der Waals surface area contributed by atoms with Crippen LogP contribution in [0.3, 0.4) is 0 Å². The van der Waals surface area contributed by atoms with Gasteiger partial charge in [-0.25, -0.2) is 4.39 Å². The molecule has 7 nitrogen and oxygen atoms in total. The number of nitrogens with zero attached hydrogens (tertiary/aromatic N) is 3. The van der Waals surface area contributed by atoms with Gasteiger partial charge in [0.1, 0.15) is 23.9 Å². The fourth-order valence-electron chi connectivity index (χ4n) is 3.12. The summed E-state index contributed by atoms with van der Waals surface area (Å²) in [5.74, 6) is 0.617. The number of aromatic nitrogens is 3. The molecule has 0 aliphatic rings. The lowest BCUT2D eigenvalue weighted by Gasteiger charge is -2.07. The third-order valence-corrected chi connectivity index (χ3v) is 5.15. The first-order chi connectivity index (χ1) is 15.4. The van der Waals surface area contributed by atoms with Gasteiger partial charge in [-0.1, -0.05) is 35.0 Å². The molecular weight excluding hydrogens is 435 g/mol. The van der Waals surface area contributed by atoms with Crippen molar-refractivity contribution < 1.29 is 18.4 Å². The number of rotatable bonds is 7. The van der Waals surface area contributed by atoms with Crippen molar-refractivity contribution in [1.82, 2.24) is 14.9 Å². The SMILES string of the molecule is Cc1onc(C(=O)Nc2cc(C)n(Cc3ccccc3F)n2)c1COc1ccc(Cl)cc1. The molecule has 0 unspecified atom stereocenters. The van der Waals surface area contributed by atoms with Gasteiger partial charge in [0, 0.05) is 22.3 Å². The summed E-state index contributed by atoms with van der Waals surface area (Å²) in [4.78, 5) is 12.8. The quantitative estimate of drug-likeness (QED) is 0.417. The zero-order valence-corrected chi connectivity index (χ0v) is 18.2. The minimum atomic E-state index is -0.480. The summed E-state index contributed by atoms with van der Waals surface area (Å²) in [5.41, 5.74) is 1.91. The molecule has 2 aromatic carbocycles. The number of anilines is 1. The van der Waals surface area contributed by atoms with Crippen LogP contribution < -0.4 is 10.1 Å². The summed E-state index contributed by atoms with van der Waals surface area (Å²) >= 11 is 5.89. The van der Waals surface area contributed by atoms with Gasteiger partial charge in [-0.05, 0) is 44.2 Å². The number of benzene rings is 2. The number of nitrogens with one attached hydrogen (secondary N) is 1. The maximum Gasteiger partial charge on any atom is 0.279 e. The Morgan fingerprint density at radius 3 is 2.69 bits per heavy atom. The highest BCUT2D eigenvalue weighted by molar-refractivity contribution is 6.30. The maximum absolute atomic E-state index is 14.0. The minimum Gasteiger partial charge on any atom is -0.489 e. The number of hydrogen-bond acceptors (Lipinski definition) is 5. The van der Waals surface area contributed by atoms with Crippen LogP contribution in [0.2, 0.25) is 5.02 Å². The van der Waals surface area contributed by atoms with Crippen LogP contribution in [0.1, 0.15) is 33.1 Å². The lowest BCUT2D eigenvalue weighted by molar-refractivity contribution is 0.101. The second kappa shape index (κ2) is 9.23. The largest absolute Gasteiger partial charge is 0.489 e. The summed E-state index contributed by atoms with van der Waals surface area (Å²) in [6, 6.07) is 15.1. The van der Waals surface area contributed by atoms with Gasteiger partial charge in [-0.2, -0.15) is 5.10 Å². The van der Waals surface area contributed by atoms with Gasteiger partial charge in [-0.3, -0.25) is 9.48 Å². The Hall–Kier alpha value is -3.65. The summed E-state index contributed by atoms with van der Waals surface area (Å²) in [6.07, 6.45) is 0. The van der Waals surface area contributed by atoms with Gasteiger partial charge >= 0.3 is 0 Å². The second-order valence-corrected chi connectivity index (χ2v) is 7.62. The van der Waals surface area contributed by atoms with E-state index < -0.39 is 5.91 Å². The Labute approximate surface area is 188 Å². The number of ether oxygens (including phenoxy) is 1. The van der Waals surface area contributed by atoms with Crippen molar-refractivity contribution in [3.63, 3.8) is 0 Å². The van der Waals surface area contributed by atoms with Crippen molar-refractivity contribution in [2.75, 3.05) is 5.32 Å². The molecule has 2 aromatic heterocycles. The molecule has 0 aliphatic heterocycles. The van der Waals surface area contributed by atoms with E-state index in [1.54, 1.807) is 60.1 Å². The minimum absolute atomic E-state index is 0.0977.